The van der Waals surface area contributed by atoms with Crippen molar-refractivity contribution in [2.45, 2.75) is 31.6 Å². The van der Waals surface area contributed by atoms with Crippen LogP contribution in [0.2, 0.25) is 0 Å². The highest BCUT2D eigenvalue weighted by Gasteiger charge is 2.26. The van der Waals surface area contributed by atoms with E-state index in [2.05, 4.69) is 9.97 Å². The van der Waals surface area contributed by atoms with Crippen LogP contribution in [-0.4, -0.2) is 39.6 Å². The number of piperidine rings is 1. The number of halogens is 1. The number of nitrogens with one attached hydrogen (secondary N) is 1. The molecule has 0 bridgehead atoms. The Balaban J connectivity index is 1.30. The van der Waals surface area contributed by atoms with Gasteiger partial charge in [0.05, 0.1) is 11.0 Å². The van der Waals surface area contributed by atoms with Gasteiger partial charge in [-0.2, -0.15) is 0 Å². The summed E-state index contributed by atoms with van der Waals surface area (Å²) in [6.07, 6.45) is 2.08. The van der Waals surface area contributed by atoms with E-state index in [1.54, 1.807) is 18.2 Å². The van der Waals surface area contributed by atoms with Crippen LogP contribution in [-0.2, 0) is 4.79 Å². The van der Waals surface area contributed by atoms with E-state index in [1.807, 2.05) is 23.1 Å². The number of benzene rings is 2. The molecule has 4 rings (SSSR count). The highest BCUT2D eigenvalue weighted by atomic mass is 19.1. The van der Waals surface area contributed by atoms with Crippen LogP contribution in [0.4, 0.5) is 4.39 Å². The first-order valence-electron chi connectivity index (χ1n) is 9.61. The van der Waals surface area contributed by atoms with Gasteiger partial charge in [-0.15, -0.1) is 0 Å². The standard InChI is InChI=1S/C22H22FN3O2/c23-17-6-7-18-19(14-17)25-22(24-18)16-10-12-26(13-11-16)21(28)9-8-20(27)15-4-2-1-3-5-15/h1-7,14,16H,8-13H2,(H,24,25). The molecule has 0 atom stereocenters. The number of amides is 1. The number of aromatic nitrogens is 2. The molecule has 0 saturated carbocycles. The van der Waals surface area contributed by atoms with E-state index in [-0.39, 0.29) is 36.3 Å². The maximum Gasteiger partial charge on any atom is 0.223 e. The van der Waals surface area contributed by atoms with Crippen LogP contribution < -0.4 is 0 Å². The highest BCUT2D eigenvalue weighted by molar-refractivity contribution is 5.97. The minimum absolute atomic E-state index is 0.00153. The van der Waals surface area contributed by atoms with Crippen LogP contribution in [0.15, 0.2) is 48.5 Å². The molecule has 1 aliphatic rings. The average molecular weight is 379 g/mol. The second-order valence-electron chi connectivity index (χ2n) is 7.23. The van der Waals surface area contributed by atoms with Crippen molar-refractivity contribution in [1.82, 2.24) is 14.9 Å². The van der Waals surface area contributed by atoms with Gasteiger partial charge in [0.1, 0.15) is 11.6 Å². The van der Waals surface area contributed by atoms with Gasteiger partial charge in [0.15, 0.2) is 5.78 Å². The summed E-state index contributed by atoms with van der Waals surface area (Å²) in [5.41, 5.74) is 2.11. The molecule has 1 fully saturated rings. The van der Waals surface area contributed by atoms with Crippen LogP contribution in [0.5, 0.6) is 0 Å². The predicted octanol–water partition coefficient (Wildman–Crippen LogP) is 4.07. The predicted molar refractivity (Wildman–Crippen MR) is 105 cm³/mol. The number of hydrogen-bond acceptors (Lipinski definition) is 3. The van der Waals surface area contributed by atoms with E-state index in [4.69, 9.17) is 0 Å². The Morgan fingerprint density at radius 1 is 1.07 bits per heavy atom. The maximum absolute atomic E-state index is 13.4. The molecule has 144 valence electrons. The third-order valence-corrected chi connectivity index (χ3v) is 5.36. The van der Waals surface area contributed by atoms with Gasteiger partial charge in [0.25, 0.3) is 0 Å². The van der Waals surface area contributed by atoms with Crippen LogP contribution in [0.1, 0.15) is 47.8 Å². The number of carbonyl (C=O) groups is 2. The summed E-state index contributed by atoms with van der Waals surface area (Å²) in [7, 11) is 0. The molecule has 2 aromatic carbocycles. The Morgan fingerprint density at radius 2 is 1.82 bits per heavy atom. The first-order chi connectivity index (χ1) is 13.6. The molecule has 1 amide bonds. The number of aromatic amines is 1. The summed E-state index contributed by atoms with van der Waals surface area (Å²) in [6, 6.07) is 13.6. The fourth-order valence-electron chi connectivity index (χ4n) is 3.74. The van der Waals surface area contributed by atoms with E-state index >= 15 is 0 Å². The Kier molecular flexibility index (Phi) is 5.19. The number of rotatable bonds is 5. The normalized spacial score (nSPS) is 15.1. The zero-order valence-electron chi connectivity index (χ0n) is 15.5. The monoisotopic (exact) mass is 379 g/mol. The minimum atomic E-state index is -0.284. The Hall–Kier alpha value is -3.02. The smallest absolute Gasteiger partial charge is 0.223 e. The van der Waals surface area contributed by atoms with Crippen LogP contribution in [0, 0.1) is 5.82 Å². The van der Waals surface area contributed by atoms with Gasteiger partial charge in [0, 0.05) is 37.4 Å². The average Bonchev–Trinajstić information content (AvgIpc) is 3.15. The number of nitrogens with zero attached hydrogens (tertiary/aromatic N) is 2. The van der Waals surface area contributed by atoms with Crippen LogP contribution in [0.25, 0.3) is 11.0 Å². The van der Waals surface area contributed by atoms with Crippen molar-refractivity contribution in [3.8, 4) is 0 Å². The summed E-state index contributed by atoms with van der Waals surface area (Å²) >= 11 is 0. The number of fused-ring (bicyclic) bond motifs is 1. The van der Waals surface area contributed by atoms with Crippen molar-refractivity contribution in [2.24, 2.45) is 0 Å². The molecule has 1 aromatic heterocycles. The molecule has 6 heteroatoms. The number of Topliss-reactive ketones (excluding diaryl/α,β-unsaturated/α-hetero) is 1. The summed E-state index contributed by atoms with van der Waals surface area (Å²) < 4.78 is 13.4. The van der Waals surface area contributed by atoms with Gasteiger partial charge in [-0.1, -0.05) is 30.3 Å². The van der Waals surface area contributed by atoms with E-state index in [0.717, 1.165) is 24.2 Å². The van der Waals surface area contributed by atoms with Crippen LogP contribution in [0.3, 0.4) is 0 Å². The first kappa shape index (κ1) is 18.3. The van der Waals surface area contributed by atoms with E-state index in [9.17, 15) is 14.0 Å². The van der Waals surface area contributed by atoms with E-state index < -0.39 is 0 Å². The third kappa shape index (κ3) is 3.96. The quantitative estimate of drug-likeness (QED) is 0.680. The molecular weight excluding hydrogens is 357 g/mol. The molecule has 3 aromatic rings. The molecule has 5 nitrogen and oxygen atoms in total. The van der Waals surface area contributed by atoms with Gasteiger partial charge < -0.3 is 9.88 Å². The zero-order valence-corrected chi connectivity index (χ0v) is 15.5. The van der Waals surface area contributed by atoms with Gasteiger partial charge in [-0.3, -0.25) is 9.59 Å². The summed E-state index contributed by atoms with van der Waals surface area (Å²) in [5, 5.41) is 0. The van der Waals surface area contributed by atoms with E-state index in [1.165, 1.54) is 12.1 Å². The second kappa shape index (κ2) is 7.92. The Morgan fingerprint density at radius 3 is 2.57 bits per heavy atom. The molecule has 0 aliphatic carbocycles. The van der Waals surface area contributed by atoms with E-state index in [0.29, 0.717) is 24.2 Å². The zero-order chi connectivity index (χ0) is 19.5. The molecule has 0 radical (unpaired) electrons. The maximum atomic E-state index is 13.4. The van der Waals surface area contributed by atoms with Crippen LogP contribution >= 0.6 is 0 Å². The molecular formula is C22H22FN3O2. The molecule has 1 aliphatic heterocycles. The Labute approximate surface area is 162 Å². The van der Waals surface area contributed by atoms with Gasteiger partial charge >= 0.3 is 0 Å². The number of H-pyrrole nitrogens is 1. The highest BCUT2D eigenvalue weighted by Crippen LogP contribution is 2.28. The van der Waals surface area contributed by atoms with Crippen molar-refractivity contribution >= 4 is 22.7 Å². The van der Waals surface area contributed by atoms with Crippen molar-refractivity contribution in [1.29, 1.82) is 0 Å². The molecule has 0 unspecified atom stereocenters. The molecule has 0 spiro atoms. The molecule has 28 heavy (non-hydrogen) atoms. The first-order valence-corrected chi connectivity index (χ1v) is 9.61. The minimum Gasteiger partial charge on any atom is -0.343 e. The lowest BCUT2D eigenvalue weighted by molar-refractivity contribution is -0.132. The fourth-order valence-corrected chi connectivity index (χ4v) is 3.74. The Bertz CT molecular complexity index is 991. The lowest BCUT2D eigenvalue weighted by Gasteiger charge is -2.31. The number of hydrogen-bond donors (Lipinski definition) is 1. The number of ketones is 1. The van der Waals surface area contributed by atoms with Crippen molar-refractivity contribution < 1.29 is 14.0 Å². The number of carbonyl (C=O) groups excluding carboxylic acids is 2. The second-order valence-corrected chi connectivity index (χ2v) is 7.23. The molecule has 1 saturated heterocycles. The van der Waals surface area contributed by atoms with Crippen molar-refractivity contribution in [2.75, 3.05) is 13.1 Å². The fraction of sp³-hybridized carbons (Fsp3) is 0.318. The topological polar surface area (TPSA) is 66.1 Å². The summed E-state index contributed by atoms with van der Waals surface area (Å²) in [6.45, 7) is 1.29. The molecule has 2 heterocycles. The number of imidazole rings is 1. The van der Waals surface area contributed by atoms with Crippen molar-refractivity contribution in [3.05, 3.63) is 65.7 Å². The largest absolute Gasteiger partial charge is 0.343 e. The molecule has 1 N–H and O–H groups in total. The third-order valence-electron chi connectivity index (χ3n) is 5.36. The van der Waals surface area contributed by atoms with Gasteiger partial charge in [-0.25, -0.2) is 9.37 Å². The lowest BCUT2D eigenvalue weighted by Crippen LogP contribution is -2.38. The summed E-state index contributed by atoms with van der Waals surface area (Å²) in [4.78, 5) is 34.2. The SMILES string of the molecule is O=C(CCC(=O)N1CCC(c2nc3ccc(F)cc3[nH]2)CC1)c1ccccc1. The summed E-state index contributed by atoms with van der Waals surface area (Å²) in [5.74, 6) is 0.818. The van der Waals surface area contributed by atoms with Crippen molar-refractivity contribution in [3.63, 3.8) is 0 Å². The number of likely N-dealkylation sites (tertiary alicyclic amines) is 1. The van der Waals surface area contributed by atoms with Gasteiger partial charge in [-0.05, 0) is 31.0 Å². The van der Waals surface area contributed by atoms with Gasteiger partial charge in [0.2, 0.25) is 5.91 Å². The lowest BCUT2D eigenvalue weighted by atomic mass is 9.95.